The molecule has 3 aromatic heterocycles. The van der Waals surface area contributed by atoms with Crippen molar-refractivity contribution in [3.63, 3.8) is 0 Å². The Labute approximate surface area is 173 Å². The molecule has 7 heteroatoms. The number of pyridine rings is 1. The minimum Gasteiger partial charge on any atom is -0.323 e. The number of hydrazone groups is 1. The number of aromatic nitrogens is 4. The molecule has 5 rings (SSSR count). The Bertz CT molecular complexity index is 1290. The second kappa shape index (κ2) is 7.59. The van der Waals surface area contributed by atoms with E-state index in [1.807, 2.05) is 59.2 Å². The Morgan fingerprint density at radius 1 is 0.967 bits per heavy atom. The third kappa shape index (κ3) is 3.08. The number of rotatable bonds is 3. The second-order valence-corrected chi connectivity index (χ2v) is 7.50. The lowest BCUT2D eigenvalue weighted by Crippen LogP contribution is -2.34. The normalized spacial score (nSPS) is 18.1. The molecule has 7 nitrogen and oxygen atoms in total. The summed E-state index contributed by atoms with van der Waals surface area (Å²) in [6, 6.07) is 19.1. The van der Waals surface area contributed by atoms with E-state index in [1.165, 1.54) is 0 Å². The molecule has 1 saturated carbocycles. The molecule has 4 aromatic rings. The van der Waals surface area contributed by atoms with Gasteiger partial charge in [0.05, 0.1) is 28.5 Å². The van der Waals surface area contributed by atoms with E-state index in [2.05, 4.69) is 5.10 Å². The molecule has 1 atom stereocenters. The lowest BCUT2D eigenvalue weighted by Gasteiger charge is -2.24. The molecule has 1 unspecified atom stereocenters. The molecule has 1 aromatic carbocycles. The van der Waals surface area contributed by atoms with Crippen molar-refractivity contribution in [2.75, 3.05) is 0 Å². The standard InChI is InChI=1S/C23H22N6O/c24-25-17-10-4-5-11-19(17)29-21(30)14-13-18(26-29)22-20-12-6-7-15-28(20)27-23(22)16-8-2-1-3-9-16/h1-3,6-9,12-15,19H,4-5,10-11,24H2. The van der Waals surface area contributed by atoms with Crippen molar-refractivity contribution < 1.29 is 0 Å². The van der Waals surface area contributed by atoms with Crippen molar-refractivity contribution in [2.24, 2.45) is 10.9 Å². The quantitative estimate of drug-likeness (QED) is 0.421. The topological polar surface area (TPSA) is 90.6 Å². The third-order valence-corrected chi connectivity index (χ3v) is 5.67. The minimum atomic E-state index is -0.196. The Kier molecular flexibility index (Phi) is 4.63. The Morgan fingerprint density at radius 2 is 1.80 bits per heavy atom. The van der Waals surface area contributed by atoms with E-state index < -0.39 is 0 Å². The highest BCUT2D eigenvalue weighted by molar-refractivity contribution is 5.91. The van der Waals surface area contributed by atoms with Crippen LogP contribution < -0.4 is 11.4 Å². The molecule has 0 aliphatic heterocycles. The predicted octanol–water partition coefficient (Wildman–Crippen LogP) is 3.65. The van der Waals surface area contributed by atoms with Gasteiger partial charge < -0.3 is 5.84 Å². The molecular formula is C23H22N6O. The maximum absolute atomic E-state index is 12.7. The van der Waals surface area contributed by atoms with E-state index in [0.717, 1.165) is 53.7 Å². The van der Waals surface area contributed by atoms with Gasteiger partial charge in [0, 0.05) is 17.8 Å². The molecule has 2 N–H and O–H groups in total. The summed E-state index contributed by atoms with van der Waals surface area (Å²) in [5.41, 5.74) is 5.05. The third-order valence-electron chi connectivity index (χ3n) is 5.67. The molecule has 30 heavy (non-hydrogen) atoms. The summed E-state index contributed by atoms with van der Waals surface area (Å²) in [5, 5.41) is 13.5. The van der Waals surface area contributed by atoms with E-state index in [1.54, 1.807) is 16.8 Å². The van der Waals surface area contributed by atoms with Gasteiger partial charge >= 0.3 is 0 Å². The SMILES string of the molecule is NN=C1CCCCC1n1nc(-c2c(-c3ccccc3)nn3ccccc23)ccc1=O. The fraction of sp³-hybridized carbons (Fsp3) is 0.217. The van der Waals surface area contributed by atoms with Crippen molar-refractivity contribution >= 4 is 11.2 Å². The highest BCUT2D eigenvalue weighted by Crippen LogP contribution is 2.34. The summed E-state index contributed by atoms with van der Waals surface area (Å²) in [4.78, 5) is 12.7. The Morgan fingerprint density at radius 3 is 2.63 bits per heavy atom. The average molecular weight is 398 g/mol. The van der Waals surface area contributed by atoms with Crippen LogP contribution in [0.2, 0.25) is 0 Å². The van der Waals surface area contributed by atoms with Crippen LogP contribution in [0, 0.1) is 0 Å². The van der Waals surface area contributed by atoms with Crippen LogP contribution in [-0.4, -0.2) is 25.1 Å². The number of fused-ring (bicyclic) bond motifs is 1. The first-order valence-electron chi connectivity index (χ1n) is 10.2. The molecule has 1 aliphatic rings. The van der Waals surface area contributed by atoms with Gasteiger partial charge in [-0.3, -0.25) is 4.79 Å². The summed E-state index contributed by atoms with van der Waals surface area (Å²) in [6.07, 6.45) is 5.58. The van der Waals surface area contributed by atoms with Gasteiger partial charge in [0.1, 0.15) is 5.69 Å². The van der Waals surface area contributed by atoms with Crippen LogP contribution in [0.3, 0.4) is 0 Å². The molecule has 0 radical (unpaired) electrons. The van der Waals surface area contributed by atoms with E-state index in [4.69, 9.17) is 16.0 Å². The zero-order valence-corrected chi connectivity index (χ0v) is 16.5. The summed E-state index contributed by atoms with van der Waals surface area (Å²) in [6.45, 7) is 0. The van der Waals surface area contributed by atoms with Crippen LogP contribution in [0.25, 0.3) is 28.0 Å². The zero-order chi connectivity index (χ0) is 20.5. The first-order chi connectivity index (χ1) is 14.8. The average Bonchev–Trinajstić information content (AvgIpc) is 3.20. The lowest BCUT2D eigenvalue weighted by atomic mass is 9.93. The van der Waals surface area contributed by atoms with Gasteiger partial charge in [0.15, 0.2) is 0 Å². The van der Waals surface area contributed by atoms with E-state index in [-0.39, 0.29) is 11.6 Å². The maximum Gasteiger partial charge on any atom is 0.267 e. The van der Waals surface area contributed by atoms with Crippen molar-refractivity contribution in [3.05, 3.63) is 77.2 Å². The summed E-state index contributed by atoms with van der Waals surface area (Å²) in [7, 11) is 0. The van der Waals surface area contributed by atoms with Gasteiger partial charge in [-0.2, -0.15) is 15.3 Å². The maximum atomic E-state index is 12.7. The molecule has 0 amide bonds. The highest BCUT2D eigenvalue weighted by atomic mass is 16.1. The van der Waals surface area contributed by atoms with E-state index >= 15 is 0 Å². The zero-order valence-electron chi connectivity index (χ0n) is 16.5. The molecule has 0 saturated heterocycles. The van der Waals surface area contributed by atoms with Gasteiger partial charge in [-0.15, -0.1) is 0 Å². The molecule has 1 aliphatic carbocycles. The fourth-order valence-corrected chi connectivity index (χ4v) is 4.22. The number of benzene rings is 1. The van der Waals surface area contributed by atoms with Gasteiger partial charge in [-0.25, -0.2) is 9.20 Å². The number of nitrogens with zero attached hydrogens (tertiary/aromatic N) is 5. The van der Waals surface area contributed by atoms with Crippen LogP contribution in [0.4, 0.5) is 0 Å². The first kappa shape index (κ1) is 18.3. The summed E-state index contributed by atoms with van der Waals surface area (Å²) < 4.78 is 3.39. The molecule has 3 heterocycles. The van der Waals surface area contributed by atoms with Crippen LogP contribution in [0.15, 0.2) is 76.8 Å². The Balaban J connectivity index is 1.73. The largest absolute Gasteiger partial charge is 0.323 e. The van der Waals surface area contributed by atoms with Crippen LogP contribution >= 0.6 is 0 Å². The molecule has 0 bridgehead atoms. The van der Waals surface area contributed by atoms with Crippen LogP contribution in [0.5, 0.6) is 0 Å². The lowest BCUT2D eigenvalue weighted by molar-refractivity contribution is 0.453. The van der Waals surface area contributed by atoms with Gasteiger partial charge in [-0.1, -0.05) is 42.8 Å². The van der Waals surface area contributed by atoms with Crippen molar-refractivity contribution in [1.82, 2.24) is 19.4 Å². The fourth-order valence-electron chi connectivity index (χ4n) is 4.22. The Hall–Kier alpha value is -3.74. The highest BCUT2D eigenvalue weighted by Gasteiger charge is 2.25. The summed E-state index contributed by atoms with van der Waals surface area (Å²) >= 11 is 0. The number of hydrogen-bond donors (Lipinski definition) is 1. The van der Waals surface area contributed by atoms with Crippen LogP contribution in [-0.2, 0) is 0 Å². The van der Waals surface area contributed by atoms with E-state index in [9.17, 15) is 4.79 Å². The smallest absolute Gasteiger partial charge is 0.267 e. The van der Waals surface area contributed by atoms with Crippen molar-refractivity contribution in [3.8, 4) is 22.5 Å². The summed E-state index contributed by atoms with van der Waals surface area (Å²) in [5.74, 6) is 5.62. The molecule has 0 spiro atoms. The predicted molar refractivity (Wildman–Crippen MR) is 117 cm³/mol. The van der Waals surface area contributed by atoms with Crippen molar-refractivity contribution in [2.45, 2.75) is 31.7 Å². The van der Waals surface area contributed by atoms with Gasteiger partial charge in [0.25, 0.3) is 5.56 Å². The van der Waals surface area contributed by atoms with Gasteiger partial charge in [-0.05, 0) is 37.5 Å². The number of hydrogen-bond acceptors (Lipinski definition) is 5. The molecule has 150 valence electrons. The molecular weight excluding hydrogens is 376 g/mol. The minimum absolute atomic E-state index is 0.149. The monoisotopic (exact) mass is 398 g/mol. The van der Waals surface area contributed by atoms with Crippen molar-refractivity contribution in [1.29, 1.82) is 0 Å². The van der Waals surface area contributed by atoms with Gasteiger partial charge in [0.2, 0.25) is 0 Å². The number of nitrogens with two attached hydrogens (primary N) is 1. The second-order valence-electron chi connectivity index (χ2n) is 7.50. The first-order valence-corrected chi connectivity index (χ1v) is 10.2. The van der Waals surface area contributed by atoms with E-state index in [0.29, 0.717) is 5.69 Å². The molecule has 1 fully saturated rings. The van der Waals surface area contributed by atoms with Crippen LogP contribution in [0.1, 0.15) is 31.7 Å².